The number of rotatable bonds is 3. The van der Waals surface area contributed by atoms with Crippen molar-refractivity contribution in [2.24, 2.45) is 0 Å². The second-order valence-electron chi connectivity index (χ2n) is 7.68. The fourth-order valence-corrected chi connectivity index (χ4v) is 4.30. The minimum absolute atomic E-state index is 0.102. The molecule has 7 heteroatoms. The third kappa shape index (κ3) is 3.27. The molecule has 5 aromatic rings. The molecule has 0 radical (unpaired) electrons. The van der Waals surface area contributed by atoms with Crippen molar-refractivity contribution in [1.29, 1.82) is 0 Å². The van der Waals surface area contributed by atoms with E-state index in [4.69, 9.17) is 4.74 Å². The molecule has 0 unspecified atom stereocenters. The summed E-state index contributed by atoms with van der Waals surface area (Å²) in [6.45, 7) is 0. The predicted molar refractivity (Wildman–Crippen MR) is 119 cm³/mol. The standard InChI is InChI=1S/C27H14F6O/c1-34-14-8-6-13(7-9-14)23-15-4-2-3-5-16(15)24(18-11-20(29)19(28)10-17(18)23)25-26(32)21(30)12-22(31)27(25)33/h2-12H,1H3. The molecule has 0 aromatic heterocycles. The van der Waals surface area contributed by atoms with Gasteiger partial charge in [0.05, 0.1) is 12.7 Å². The summed E-state index contributed by atoms with van der Waals surface area (Å²) in [5, 5.41) is 0.631. The van der Waals surface area contributed by atoms with Gasteiger partial charge in [-0.25, -0.2) is 26.3 Å². The molecular formula is C27H14F6O. The normalized spacial score (nSPS) is 11.4. The molecule has 0 atom stereocenters. The van der Waals surface area contributed by atoms with Crippen LogP contribution in [0.4, 0.5) is 26.3 Å². The van der Waals surface area contributed by atoms with E-state index < -0.39 is 40.5 Å². The van der Waals surface area contributed by atoms with Crippen molar-refractivity contribution in [2.45, 2.75) is 0 Å². The minimum Gasteiger partial charge on any atom is -0.497 e. The third-order valence-electron chi connectivity index (χ3n) is 5.81. The van der Waals surface area contributed by atoms with E-state index in [1.807, 2.05) is 0 Å². The number of hydrogen-bond acceptors (Lipinski definition) is 1. The molecule has 5 rings (SSSR count). The number of fused-ring (bicyclic) bond motifs is 2. The first-order valence-electron chi connectivity index (χ1n) is 10.1. The van der Waals surface area contributed by atoms with E-state index in [2.05, 4.69) is 0 Å². The molecule has 0 spiro atoms. The number of hydrogen-bond donors (Lipinski definition) is 0. The second-order valence-corrected chi connectivity index (χ2v) is 7.68. The summed E-state index contributed by atoms with van der Waals surface area (Å²) in [6.07, 6.45) is 0. The molecule has 0 bridgehead atoms. The van der Waals surface area contributed by atoms with Crippen LogP contribution in [0.5, 0.6) is 5.75 Å². The molecule has 170 valence electrons. The van der Waals surface area contributed by atoms with Crippen LogP contribution >= 0.6 is 0 Å². The summed E-state index contributed by atoms with van der Waals surface area (Å²) in [6, 6.07) is 14.9. The van der Waals surface area contributed by atoms with Gasteiger partial charge in [-0.15, -0.1) is 0 Å². The fourth-order valence-electron chi connectivity index (χ4n) is 4.30. The Morgan fingerprint density at radius 2 is 1.00 bits per heavy atom. The number of halogens is 6. The van der Waals surface area contributed by atoms with Crippen LogP contribution in [0.3, 0.4) is 0 Å². The van der Waals surface area contributed by atoms with E-state index in [9.17, 15) is 26.3 Å². The van der Waals surface area contributed by atoms with Gasteiger partial charge in [0.1, 0.15) is 5.75 Å². The van der Waals surface area contributed by atoms with Crippen molar-refractivity contribution < 1.29 is 31.1 Å². The highest BCUT2D eigenvalue weighted by molar-refractivity contribution is 6.21. The third-order valence-corrected chi connectivity index (χ3v) is 5.81. The van der Waals surface area contributed by atoms with Crippen LogP contribution in [0.15, 0.2) is 66.7 Å². The van der Waals surface area contributed by atoms with E-state index in [0.29, 0.717) is 22.3 Å². The zero-order valence-corrected chi connectivity index (χ0v) is 17.5. The quantitative estimate of drug-likeness (QED) is 0.147. The fraction of sp³-hybridized carbons (Fsp3) is 0.0370. The summed E-state index contributed by atoms with van der Waals surface area (Å²) in [4.78, 5) is 0. The van der Waals surface area contributed by atoms with Gasteiger partial charge in [-0.1, -0.05) is 36.4 Å². The molecule has 0 aliphatic carbocycles. The molecule has 0 heterocycles. The highest BCUT2D eigenvalue weighted by atomic mass is 19.2. The Morgan fingerprint density at radius 3 is 1.53 bits per heavy atom. The predicted octanol–water partition coefficient (Wildman–Crippen LogP) is 8.17. The lowest BCUT2D eigenvalue weighted by molar-refractivity contribution is 0.415. The zero-order chi connectivity index (χ0) is 24.1. The van der Waals surface area contributed by atoms with Crippen molar-refractivity contribution in [3.63, 3.8) is 0 Å². The molecule has 0 fully saturated rings. The lowest BCUT2D eigenvalue weighted by Gasteiger charge is -2.19. The number of benzene rings is 5. The molecular weight excluding hydrogens is 454 g/mol. The van der Waals surface area contributed by atoms with Crippen molar-refractivity contribution in [2.75, 3.05) is 7.11 Å². The smallest absolute Gasteiger partial charge is 0.169 e. The lowest BCUT2D eigenvalue weighted by Crippen LogP contribution is -2.01. The highest BCUT2D eigenvalue weighted by Crippen LogP contribution is 2.46. The molecule has 1 nitrogen and oxygen atoms in total. The van der Waals surface area contributed by atoms with Crippen LogP contribution in [0.25, 0.3) is 43.8 Å². The first kappa shape index (κ1) is 21.8. The molecule has 0 amide bonds. The SMILES string of the molecule is COc1ccc(-c2c3ccccc3c(-c3c(F)c(F)cc(F)c3F)c3cc(F)c(F)cc23)cc1. The van der Waals surface area contributed by atoms with Gasteiger partial charge in [0, 0.05) is 11.6 Å². The van der Waals surface area contributed by atoms with E-state index in [1.165, 1.54) is 13.2 Å². The minimum atomic E-state index is -1.63. The van der Waals surface area contributed by atoms with Crippen LogP contribution in [-0.4, -0.2) is 7.11 Å². The molecule has 0 N–H and O–H groups in total. The van der Waals surface area contributed by atoms with Gasteiger partial charge < -0.3 is 4.74 Å². The molecule has 5 aromatic carbocycles. The Kier molecular flexibility index (Phi) is 5.20. The lowest BCUT2D eigenvalue weighted by atomic mass is 9.85. The van der Waals surface area contributed by atoms with Crippen molar-refractivity contribution in [1.82, 2.24) is 0 Å². The van der Waals surface area contributed by atoms with Crippen LogP contribution < -0.4 is 4.74 Å². The summed E-state index contributed by atoms with van der Waals surface area (Å²) in [5.74, 6) is -8.37. The van der Waals surface area contributed by atoms with E-state index in [1.54, 1.807) is 42.5 Å². The van der Waals surface area contributed by atoms with Crippen LogP contribution in [0, 0.1) is 34.9 Å². The molecule has 0 saturated carbocycles. The van der Waals surface area contributed by atoms with E-state index in [0.717, 1.165) is 12.1 Å². The largest absolute Gasteiger partial charge is 0.497 e. The molecule has 34 heavy (non-hydrogen) atoms. The Balaban J connectivity index is 2.03. The maximum Gasteiger partial charge on any atom is 0.169 e. The van der Waals surface area contributed by atoms with Gasteiger partial charge in [0.2, 0.25) is 0 Å². The van der Waals surface area contributed by atoms with E-state index >= 15 is 0 Å². The number of methoxy groups -OCH3 is 1. The van der Waals surface area contributed by atoms with Gasteiger partial charge >= 0.3 is 0 Å². The number of ether oxygens (including phenoxy) is 1. The van der Waals surface area contributed by atoms with Crippen LogP contribution in [0.1, 0.15) is 0 Å². The van der Waals surface area contributed by atoms with Crippen molar-refractivity contribution in [3.8, 4) is 28.0 Å². The Labute approximate surface area is 189 Å². The second kappa shape index (κ2) is 8.09. The maximum atomic E-state index is 14.9. The Bertz CT molecular complexity index is 1570. The average Bonchev–Trinajstić information content (AvgIpc) is 2.84. The Hall–Kier alpha value is -4.00. The van der Waals surface area contributed by atoms with Gasteiger partial charge in [0.15, 0.2) is 34.9 Å². The molecule has 0 saturated heterocycles. The summed E-state index contributed by atoms with van der Waals surface area (Å²) in [5.41, 5.74) is -0.235. The first-order valence-corrected chi connectivity index (χ1v) is 10.1. The highest BCUT2D eigenvalue weighted by Gasteiger charge is 2.26. The summed E-state index contributed by atoms with van der Waals surface area (Å²) < 4.78 is 92.1. The van der Waals surface area contributed by atoms with E-state index in [-0.39, 0.29) is 27.8 Å². The average molecular weight is 468 g/mol. The summed E-state index contributed by atoms with van der Waals surface area (Å²) >= 11 is 0. The monoisotopic (exact) mass is 468 g/mol. The van der Waals surface area contributed by atoms with Gasteiger partial charge in [0.25, 0.3) is 0 Å². The van der Waals surface area contributed by atoms with Gasteiger partial charge in [-0.05, 0) is 56.9 Å². The van der Waals surface area contributed by atoms with Crippen molar-refractivity contribution in [3.05, 3.63) is 102 Å². The van der Waals surface area contributed by atoms with Crippen molar-refractivity contribution >= 4 is 21.5 Å². The van der Waals surface area contributed by atoms with Gasteiger partial charge in [-0.3, -0.25) is 0 Å². The first-order chi connectivity index (χ1) is 16.3. The van der Waals surface area contributed by atoms with Crippen LogP contribution in [0.2, 0.25) is 0 Å². The van der Waals surface area contributed by atoms with Crippen LogP contribution in [-0.2, 0) is 0 Å². The summed E-state index contributed by atoms with van der Waals surface area (Å²) in [7, 11) is 1.49. The zero-order valence-electron chi connectivity index (χ0n) is 17.5. The maximum absolute atomic E-state index is 14.9. The topological polar surface area (TPSA) is 9.23 Å². The Morgan fingerprint density at radius 1 is 0.500 bits per heavy atom. The van der Waals surface area contributed by atoms with Gasteiger partial charge in [-0.2, -0.15) is 0 Å². The molecule has 0 aliphatic heterocycles. The molecule has 0 aliphatic rings.